The average Bonchev–Trinajstić information content (AvgIpc) is 3.48. The van der Waals surface area contributed by atoms with E-state index in [1.165, 1.54) is 5.57 Å². The number of phenols is 1. The van der Waals surface area contributed by atoms with E-state index in [9.17, 15) is 9.90 Å². The molecule has 1 aromatic rings. The molecule has 158 valence electrons. The van der Waals surface area contributed by atoms with Gasteiger partial charge in [0.05, 0.1) is 6.61 Å². The summed E-state index contributed by atoms with van der Waals surface area (Å²) in [6.45, 7) is 4.53. The molecule has 0 spiro atoms. The predicted octanol–water partition coefficient (Wildman–Crippen LogP) is 6.16. The molecule has 3 aliphatic rings. The summed E-state index contributed by atoms with van der Waals surface area (Å²) in [5, 5.41) is 10.2. The molecule has 3 nitrogen and oxygen atoms in total. The maximum absolute atomic E-state index is 11.6. The van der Waals surface area contributed by atoms with E-state index in [0.717, 1.165) is 55.4 Å². The minimum Gasteiger partial charge on any atom is -0.508 e. The van der Waals surface area contributed by atoms with Crippen LogP contribution in [0.25, 0.3) is 0 Å². The Kier molecular flexibility index (Phi) is 5.99. The summed E-state index contributed by atoms with van der Waals surface area (Å²) < 4.78 is 6.21. The molecular weight excluding hydrogens is 372 g/mol. The second kappa shape index (κ2) is 8.67. The first-order valence-corrected chi connectivity index (χ1v) is 11.2. The van der Waals surface area contributed by atoms with Gasteiger partial charge in [-0.15, -0.1) is 0 Å². The minimum atomic E-state index is -0.0388. The van der Waals surface area contributed by atoms with Gasteiger partial charge in [0.25, 0.3) is 0 Å². The molecule has 0 heterocycles. The van der Waals surface area contributed by atoms with Gasteiger partial charge in [0.1, 0.15) is 11.5 Å². The van der Waals surface area contributed by atoms with E-state index in [4.69, 9.17) is 4.74 Å². The quantitative estimate of drug-likeness (QED) is 0.577. The van der Waals surface area contributed by atoms with Crippen LogP contribution in [0, 0.1) is 11.8 Å². The normalized spacial score (nSPS) is 25.3. The number of rotatable bonds is 6. The summed E-state index contributed by atoms with van der Waals surface area (Å²) in [4.78, 5) is 11.6. The Labute approximate surface area is 179 Å². The number of hydrogen-bond acceptors (Lipinski definition) is 3. The number of ether oxygens (including phenoxy) is 1. The number of aromatic hydroxyl groups is 1. The number of carbonyl (C=O) groups is 1. The third kappa shape index (κ3) is 4.45. The largest absolute Gasteiger partial charge is 0.508 e. The van der Waals surface area contributed by atoms with Crippen LogP contribution in [0.3, 0.4) is 0 Å². The fourth-order valence-corrected chi connectivity index (χ4v) is 4.79. The number of Topliss-reactive ketones (excluding diaryl/α,β-unsaturated/α-hetero) is 1. The number of allylic oxidation sites excluding steroid dienone is 7. The fraction of sp³-hybridized carbons (Fsp3) is 0.444. The van der Waals surface area contributed by atoms with Crippen molar-refractivity contribution in [2.45, 2.75) is 57.8 Å². The summed E-state index contributed by atoms with van der Waals surface area (Å²) in [5.41, 5.74) is 3.42. The van der Waals surface area contributed by atoms with Gasteiger partial charge in [0.2, 0.25) is 0 Å². The van der Waals surface area contributed by atoms with Crippen molar-refractivity contribution in [1.82, 2.24) is 0 Å². The van der Waals surface area contributed by atoms with Crippen molar-refractivity contribution in [2.24, 2.45) is 11.8 Å². The van der Waals surface area contributed by atoms with Crippen molar-refractivity contribution in [3.05, 3.63) is 77.1 Å². The molecule has 3 heteroatoms. The van der Waals surface area contributed by atoms with Crippen LogP contribution in [-0.4, -0.2) is 17.5 Å². The van der Waals surface area contributed by atoms with Gasteiger partial charge in [-0.05, 0) is 75.2 Å². The van der Waals surface area contributed by atoms with E-state index in [1.54, 1.807) is 13.0 Å². The van der Waals surface area contributed by atoms with Crippen molar-refractivity contribution in [3.63, 3.8) is 0 Å². The Morgan fingerprint density at radius 3 is 2.63 bits per heavy atom. The van der Waals surface area contributed by atoms with Crippen molar-refractivity contribution in [1.29, 1.82) is 0 Å². The van der Waals surface area contributed by atoms with Crippen molar-refractivity contribution in [2.75, 3.05) is 6.61 Å². The summed E-state index contributed by atoms with van der Waals surface area (Å²) in [6.07, 6.45) is 17.0. The molecule has 1 aromatic carbocycles. The standard InChI is InChI=1S/C27H32O3/c1-19-17-23(30-18-27(15-16-27)25-11-3-4-12-26(25)29)13-14-24(19)22-9-5-7-21(20(2)28)8-6-10-22/h3-4,7,10-14,17,19,24,29H,5-6,8-9,15-16,18H2,1-2H3. The molecule has 0 amide bonds. The molecule has 3 aliphatic carbocycles. The number of hydrogen-bond donors (Lipinski definition) is 1. The second-order valence-corrected chi connectivity index (χ2v) is 9.04. The van der Waals surface area contributed by atoms with Crippen LogP contribution in [0.2, 0.25) is 0 Å². The van der Waals surface area contributed by atoms with Crippen LogP contribution in [-0.2, 0) is 14.9 Å². The summed E-state index contributed by atoms with van der Waals surface area (Å²) in [7, 11) is 0. The Hall–Kier alpha value is -2.55. The van der Waals surface area contributed by atoms with Crippen LogP contribution >= 0.6 is 0 Å². The molecule has 4 rings (SSSR count). The highest BCUT2D eigenvalue weighted by molar-refractivity contribution is 5.93. The van der Waals surface area contributed by atoms with Gasteiger partial charge in [-0.2, -0.15) is 0 Å². The van der Waals surface area contributed by atoms with Gasteiger partial charge < -0.3 is 9.84 Å². The van der Waals surface area contributed by atoms with Crippen LogP contribution < -0.4 is 0 Å². The highest BCUT2D eigenvalue weighted by Gasteiger charge is 2.47. The average molecular weight is 405 g/mol. The molecule has 1 N–H and O–H groups in total. The van der Waals surface area contributed by atoms with E-state index in [0.29, 0.717) is 24.2 Å². The van der Waals surface area contributed by atoms with Crippen LogP contribution in [0.1, 0.15) is 57.9 Å². The lowest BCUT2D eigenvalue weighted by Gasteiger charge is -2.27. The summed E-state index contributed by atoms with van der Waals surface area (Å²) in [5.74, 6) is 2.30. The van der Waals surface area contributed by atoms with Gasteiger partial charge in [-0.3, -0.25) is 4.79 Å². The van der Waals surface area contributed by atoms with Gasteiger partial charge in [0.15, 0.2) is 5.78 Å². The molecule has 0 aromatic heterocycles. The molecule has 30 heavy (non-hydrogen) atoms. The molecule has 1 fully saturated rings. The van der Waals surface area contributed by atoms with Crippen LogP contribution in [0.5, 0.6) is 5.75 Å². The van der Waals surface area contributed by atoms with Gasteiger partial charge >= 0.3 is 0 Å². The Morgan fingerprint density at radius 1 is 1.17 bits per heavy atom. The molecule has 0 aliphatic heterocycles. The second-order valence-electron chi connectivity index (χ2n) is 9.04. The Bertz CT molecular complexity index is 927. The van der Waals surface area contributed by atoms with E-state index in [2.05, 4.69) is 37.3 Å². The Balaban J connectivity index is 1.37. The topological polar surface area (TPSA) is 46.5 Å². The lowest BCUT2D eigenvalue weighted by atomic mass is 9.80. The van der Waals surface area contributed by atoms with Gasteiger partial charge in [-0.25, -0.2) is 0 Å². The first kappa shape index (κ1) is 20.7. The lowest BCUT2D eigenvalue weighted by molar-refractivity contribution is -0.113. The van der Waals surface area contributed by atoms with Gasteiger partial charge in [0, 0.05) is 16.9 Å². The van der Waals surface area contributed by atoms with Crippen LogP contribution in [0.4, 0.5) is 0 Å². The molecule has 0 saturated heterocycles. The fourth-order valence-electron chi connectivity index (χ4n) is 4.79. The van der Waals surface area contributed by atoms with Crippen LogP contribution in [0.15, 0.2) is 71.6 Å². The zero-order valence-electron chi connectivity index (χ0n) is 18.1. The number of phenolic OH excluding ortho intramolecular Hbond substituents is 1. The number of carbonyl (C=O) groups excluding carboxylic acids is 1. The third-order valence-electron chi connectivity index (χ3n) is 6.83. The van der Waals surface area contributed by atoms with E-state index in [-0.39, 0.29) is 11.2 Å². The molecular formula is C27H32O3. The first-order chi connectivity index (χ1) is 14.5. The highest BCUT2D eigenvalue weighted by Crippen LogP contribution is 2.51. The van der Waals surface area contributed by atoms with Crippen molar-refractivity contribution in [3.8, 4) is 5.75 Å². The molecule has 2 atom stereocenters. The monoisotopic (exact) mass is 404 g/mol. The minimum absolute atomic E-state index is 0.0388. The van der Waals surface area contributed by atoms with Crippen molar-refractivity contribution < 1.29 is 14.6 Å². The molecule has 2 unspecified atom stereocenters. The van der Waals surface area contributed by atoms with Crippen molar-refractivity contribution >= 4 is 5.78 Å². The summed E-state index contributed by atoms with van der Waals surface area (Å²) in [6, 6.07) is 7.63. The highest BCUT2D eigenvalue weighted by atomic mass is 16.5. The lowest BCUT2D eigenvalue weighted by Crippen LogP contribution is -2.18. The van der Waals surface area contributed by atoms with E-state index < -0.39 is 0 Å². The van der Waals surface area contributed by atoms with E-state index in [1.807, 2.05) is 18.2 Å². The molecule has 0 bridgehead atoms. The Morgan fingerprint density at radius 2 is 1.93 bits per heavy atom. The smallest absolute Gasteiger partial charge is 0.155 e. The van der Waals surface area contributed by atoms with E-state index >= 15 is 0 Å². The zero-order valence-corrected chi connectivity index (χ0v) is 18.1. The molecule has 0 radical (unpaired) electrons. The maximum Gasteiger partial charge on any atom is 0.155 e. The number of ketones is 1. The SMILES string of the molecule is CC(=O)C1=CCCC(C2C=CC(OCC3(c4ccccc4O)CC3)=CC2C)=CCC1. The maximum atomic E-state index is 11.6. The third-order valence-corrected chi connectivity index (χ3v) is 6.83. The zero-order chi connectivity index (χ0) is 21.1. The van der Waals surface area contributed by atoms with Gasteiger partial charge in [-0.1, -0.05) is 48.9 Å². The first-order valence-electron chi connectivity index (χ1n) is 11.2. The predicted molar refractivity (Wildman–Crippen MR) is 120 cm³/mol. The number of benzene rings is 1. The number of para-hydroxylation sites is 1. The molecule has 1 saturated carbocycles. The summed E-state index contributed by atoms with van der Waals surface area (Å²) >= 11 is 0.